The van der Waals surface area contributed by atoms with Gasteiger partial charge in [0.2, 0.25) is 21.8 Å². The van der Waals surface area contributed by atoms with Crippen molar-refractivity contribution >= 4 is 33.2 Å². The molecule has 1 aromatic carbocycles. The first-order valence-corrected chi connectivity index (χ1v) is 12.7. The number of hydrogen-bond donors (Lipinski definition) is 2. The van der Waals surface area contributed by atoms with Crippen molar-refractivity contribution in [1.29, 1.82) is 0 Å². The summed E-state index contributed by atoms with van der Waals surface area (Å²) in [4.78, 5) is 27.9. The molecule has 2 N–H and O–H groups in total. The second kappa shape index (κ2) is 9.93. The molecule has 0 aliphatic carbocycles. The number of nitrogens with one attached hydrogen (secondary N) is 2. The predicted octanol–water partition coefficient (Wildman–Crippen LogP) is 2.43. The van der Waals surface area contributed by atoms with E-state index in [1.165, 1.54) is 10.4 Å². The molecule has 0 unspecified atom stereocenters. The minimum atomic E-state index is -3.69. The van der Waals surface area contributed by atoms with Crippen LogP contribution in [0.2, 0.25) is 0 Å². The SMILES string of the molecule is Cc1cc(C)c(S(=O)(=O)NCCC(=O)NCCC(=O)N2CCc3sccc3C2)c(C)c1. The number of aryl methyl sites for hydroxylation is 3. The minimum absolute atomic E-state index is 0.00191. The van der Waals surface area contributed by atoms with Crippen LogP contribution in [0.4, 0.5) is 0 Å². The van der Waals surface area contributed by atoms with E-state index < -0.39 is 10.0 Å². The smallest absolute Gasteiger partial charge is 0.241 e. The highest BCUT2D eigenvalue weighted by Gasteiger charge is 2.22. The summed E-state index contributed by atoms with van der Waals surface area (Å²) in [6, 6.07) is 5.71. The Bertz CT molecular complexity index is 1050. The van der Waals surface area contributed by atoms with Crippen molar-refractivity contribution in [2.24, 2.45) is 0 Å². The molecular weight excluding hydrogens is 434 g/mol. The Balaban J connectivity index is 1.40. The summed E-state index contributed by atoms with van der Waals surface area (Å²) < 4.78 is 27.7. The number of rotatable bonds is 8. The maximum Gasteiger partial charge on any atom is 0.241 e. The second-order valence-corrected chi connectivity index (χ2v) is 10.6. The van der Waals surface area contributed by atoms with Crippen molar-refractivity contribution in [2.45, 2.75) is 51.5 Å². The molecule has 0 saturated carbocycles. The summed E-state index contributed by atoms with van der Waals surface area (Å²) >= 11 is 1.73. The lowest BCUT2D eigenvalue weighted by Gasteiger charge is -2.27. The van der Waals surface area contributed by atoms with Gasteiger partial charge < -0.3 is 10.2 Å². The molecule has 0 radical (unpaired) electrons. The Morgan fingerprint density at radius 3 is 2.52 bits per heavy atom. The van der Waals surface area contributed by atoms with Gasteiger partial charge in [-0.3, -0.25) is 9.59 Å². The summed E-state index contributed by atoms with van der Waals surface area (Å²) in [6.45, 7) is 7.03. The Kier molecular flexibility index (Phi) is 7.51. The third kappa shape index (κ3) is 5.93. The lowest BCUT2D eigenvalue weighted by Crippen LogP contribution is -2.38. The zero-order chi connectivity index (χ0) is 22.6. The van der Waals surface area contributed by atoms with Gasteiger partial charge in [0.1, 0.15) is 0 Å². The molecule has 1 aromatic heterocycles. The molecule has 0 bridgehead atoms. The average molecular weight is 464 g/mol. The van der Waals surface area contributed by atoms with E-state index in [2.05, 4.69) is 21.5 Å². The molecule has 0 spiro atoms. The highest BCUT2D eigenvalue weighted by atomic mass is 32.2. The number of benzene rings is 1. The van der Waals surface area contributed by atoms with E-state index in [1.54, 1.807) is 25.2 Å². The molecular formula is C22H29N3O4S2. The Morgan fingerprint density at radius 1 is 1.10 bits per heavy atom. The molecule has 2 aromatic rings. The van der Waals surface area contributed by atoms with E-state index >= 15 is 0 Å². The summed E-state index contributed by atoms with van der Waals surface area (Å²) in [6.07, 6.45) is 1.13. The quantitative estimate of drug-likeness (QED) is 0.629. The van der Waals surface area contributed by atoms with Crippen molar-refractivity contribution in [3.05, 3.63) is 50.7 Å². The number of fused-ring (bicyclic) bond motifs is 1. The van der Waals surface area contributed by atoms with Crippen molar-refractivity contribution < 1.29 is 18.0 Å². The Morgan fingerprint density at radius 2 is 1.81 bits per heavy atom. The first kappa shape index (κ1) is 23.4. The summed E-state index contributed by atoms with van der Waals surface area (Å²) in [5, 5.41) is 4.75. The summed E-state index contributed by atoms with van der Waals surface area (Å²) in [5.74, 6) is -0.269. The van der Waals surface area contributed by atoms with Gasteiger partial charge in [0.25, 0.3) is 0 Å². The molecule has 1 aliphatic heterocycles. The lowest BCUT2D eigenvalue weighted by atomic mass is 10.1. The molecule has 1 aliphatic rings. The van der Waals surface area contributed by atoms with Gasteiger partial charge in [-0.25, -0.2) is 13.1 Å². The van der Waals surface area contributed by atoms with E-state index in [1.807, 2.05) is 24.0 Å². The van der Waals surface area contributed by atoms with E-state index in [-0.39, 0.29) is 42.6 Å². The van der Waals surface area contributed by atoms with Gasteiger partial charge in [0, 0.05) is 43.9 Å². The molecule has 168 valence electrons. The molecule has 7 nitrogen and oxygen atoms in total. The van der Waals surface area contributed by atoms with Gasteiger partial charge in [0.05, 0.1) is 4.90 Å². The molecule has 3 rings (SSSR count). The molecule has 2 amide bonds. The van der Waals surface area contributed by atoms with Crippen LogP contribution in [0.25, 0.3) is 0 Å². The standard InChI is InChI=1S/C22H29N3O4S2/c1-15-12-16(2)22(17(3)13-15)31(28,29)24-9-4-20(26)23-8-5-21(27)25-10-6-19-18(14-25)7-11-30-19/h7,11-13,24H,4-6,8-10,14H2,1-3H3,(H,23,26). The van der Waals surface area contributed by atoms with Crippen LogP contribution in [0.3, 0.4) is 0 Å². The number of sulfonamides is 1. The van der Waals surface area contributed by atoms with Crippen LogP contribution >= 0.6 is 11.3 Å². The van der Waals surface area contributed by atoms with Gasteiger partial charge in [0.15, 0.2) is 0 Å². The van der Waals surface area contributed by atoms with E-state index in [0.717, 1.165) is 12.0 Å². The van der Waals surface area contributed by atoms with Crippen LogP contribution in [-0.4, -0.2) is 44.8 Å². The highest BCUT2D eigenvalue weighted by molar-refractivity contribution is 7.89. The van der Waals surface area contributed by atoms with Crippen molar-refractivity contribution in [2.75, 3.05) is 19.6 Å². The van der Waals surface area contributed by atoms with Gasteiger partial charge in [-0.2, -0.15) is 0 Å². The third-order valence-corrected chi connectivity index (χ3v) is 8.13. The minimum Gasteiger partial charge on any atom is -0.356 e. The molecule has 0 atom stereocenters. The van der Waals surface area contributed by atoms with E-state index in [4.69, 9.17) is 0 Å². The number of carbonyl (C=O) groups is 2. The zero-order valence-electron chi connectivity index (χ0n) is 18.2. The monoisotopic (exact) mass is 463 g/mol. The zero-order valence-corrected chi connectivity index (χ0v) is 19.8. The van der Waals surface area contributed by atoms with Gasteiger partial charge in [-0.15, -0.1) is 11.3 Å². The van der Waals surface area contributed by atoms with Crippen LogP contribution < -0.4 is 10.0 Å². The fraction of sp³-hybridized carbons (Fsp3) is 0.455. The topological polar surface area (TPSA) is 95.6 Å². The van der Waals surface area contributed by atoms with Crippen LogP contribution in [0.5, 0.6) is 0 Å². The van der Waals surface area contributed by atoms with Crippen LogP contribution in [-0.2, 0) is 32.6 Å². The first-order valence-electron chi connectivity index (χ1n) is 10.3. The fourth-order valence-corrected chi connectivity index (χ4v) is 6.35. The average Bonchev–Trinajstić information content (AvgIpc) is 3.14. The van der Waals surface area contributed by atoms with Crippen LogP contribution in [0, 0.1) is 20.8 Å². The number of thiophene rings is 1. The van der Waals surface area contributed by atoms with E-state index in [0.29, 0.717) is 24.2 Å². The number of carbonyl (C=O) groups excluding carboxylic acids is 2. The predicted molar refractivity (Wildman–Crippen MR) is 122 cm³/mol. The fourth-order valence-electron chi connectivity index (χ4n) is 3.98. The molecule has 0 saturated heterocycles. The van der Waals surface area contributed by atoms with Crippen molar-refractivity contribution in [1.82, 2.24) is 14.9 Å². The van der Waals surface area contributed by atoms with Gasteiger partial charge in [-0.1, -0.05) is 17.7 Å². The summed E-state index contributed by atoms with van der Waals surface area (Å²) in [5.41, 5.74) is 3.57. The second-order valence-electron chi connectivity index (χ2n) is 7.91. The normalized spacial score (nSPS) is 13.7. The largest absolute Gasteiger partial charge is 0.356 e. The maximum absolute atomic E-state index is 12.6. The first-order chi connectivity index (χ1) is 14.7. The summed E-state index contributed by atoms with van der Waals surface area (Å²) in [7, 11) is -3.69. The Hall–Kier alpha value is -2.23. The molecule has 9 heteroatoms. The number of nitrogens with zero attached hydrogens (tertiary/aromatic N) is 1. The van der Waals surface area contributed by atoms with Gasteiger partial charge >= 0.3 is 0 Å². The molecule has 0 fully saturated rings. The number of hydrogen-bond acceptors (Lipinski definition) is 5. The Labute approximate surface area is 187 Å². The molecule has 31 heavy (non-hydrogen) atoms. The van der Waals surface area contributed by atoms with E-state index in [9.17, 15) is 18.0 Å². The van der Waals surface area contributed by atoms with Crippen LogP contribution in [0.15, 0.2) is 28.5 Å². The third-order valence-electron chi connectivity index (χ3n) is 5.34. The lowest BCUT2D eigenvalue weighted by molar-refractivity contribution is -0.132. The molecule has 2 heterocycles. The van der Waals surface area contributed by atoms with Gasteiger partial charge in [-0.05, 0) is 55.3 Å². The number of amides is 2. The van der Waals surface area contributed by atoms with Crippen molar-refractivity contribution in [3.63, 3.8) is 0 Å². The highest BCUT2D eigenvalue weighted by Crippen LogP contribution is 2.24. The maximum atomic E-state index is 12.6. The van der Waals surface area contributed by atoms with Crippen LogP contribution in [0.1, 0.15) is 40.0 Å². The van der Waals surface area contributed by atoms with Crippen molar-refractivity contribution in [3.8, 4) is 0 Å².